The smallest absolute Gasteiger partial charge is 0.255 e. The van der Waals surface area contributed by atoms with Gasteiger partial charge in [-0.05, 0) is 18.2 Å². The van der Waals surface area contributed by atoms with E-state index in [0.717, 1.165) is 0 Å². The van der Waals surface area contributed by atoms with Gasteiger partial charge in [0.05, 0.1) is 25.8 Å². The van der Waals surface area contributed by atoms with Crippen LogP contribution in [0.25, 0.3) is 0 Å². The highest BCUT2D eigenvalue weighted by molar-refractivity contribution is 6.30. The number of carbonyl (C=O) groups is 1. The maximum Gasteiger partial charge on any atom is 0.255 e. The van der Waals surface area contributed by atoms with E-state index in [0.29, 0.717) is 41.1 Å². The lowest BCUT2D eigenvalue weighted by molar-refractivity contribution is 0.0943. The van der Waals surface area contributed by atoms with E-state index in [1.54, 1.807) is 25.3 Å². The molecule has 0 aliphatic rings. The summed E-state index contributed by atoms with van der Waals surface area (Å²) in [6.07, 6.45) is 0.555. The molecule has 0 unspecified atom stereocenters. The Bertz CT molecular complexity index is 645. The van der Waals surface area contributed by atoms with Crippen LogP contribution >= 0.6 is 11.6 Å². The van der Waals surface area contributed by atoms with Crippen LogP contribution < -0.4 is 10.1 Å². The fourth-order valence-electron chi connectivity index (χ4n) is 1.76. The van der Waals surface area contributed by atoms with Gasteiger partial charge in [-0.3, -0.25) is 4.79 Å². The quantitative estimate of drug-likeness (QED) is 0.836. The number of rotatable bonds is 7. The summed E-state index contributed by atoms with van der Waals surface area (Å²) < 4.78 is 15.1. The Morgan fingerprint density at radius 1 is 1.41 bits per heavy atom. The number of halogens is 1. The summed E-state index contributed by atoms with van der Waals surface area (Å²) in [4.78, 5) is 16.3. The molecule has 22 heavy (non-hydrogen) atoms. The number of amides is 1. The van der Waals surface area contributed by atoms with E-state index in [9.17, 15) is 4.79 Å². The summed E-state index contributed by atoms with van der Waals surface area (Å²) in [7, 11) is 3.07. The molecule has 1 aromatic carbocycles. The van der Waals surface area contributed by atoms with Crippen LogP contribution in [0.2, 0.25) is 5.02 Å². The summed E-state index contributed by atoms with van der Waals surface area (Å²) in [5, 5.41) is 6.97. The Labute approximate surface area is 132 Å². The molecule has 0 fully saturated rings. The minimum atomic E-state index is -0.315. The molecular formula is C14H16ClN3O4. The van der Waals surface area contributed by atoms with E-state index in [1.165, 1.54) is 7.11 Å². The van der Waals surface area contributed by atoms with Crippen molar-refractivity contribution in [3.8, 4) is 5.75 Å². The fraction of sp³-hybridized carbons (Fsp3) is 0.357. The third-order valence-electron chi connectivity index (χ3n) is 2.85. The summed E-state index contributed by atoms with van der Waals surface area (Å²) in [5.41, 5.74) is 0.381. The number of ether oxygens (including phenoxy) is 2. The van der Waals surface area contributed by atoms with Gasteiger partial charge in [0.1, 0.15) is 5.75 Å². The summed E-state index contributed by atoms with van der Waals surface area (Å²) in [5.74, 6) is 0.948. The maximum atomic E-state index is 12.1. The van der Waals surface area contributed by atoms with Gasteiger partial charge in [-0.2, -0.15) is 4.98 Å². The van der Waals surface area contributed by atoms with Crippen LogP contribution in [0.3, 0.4) is 0 Å². The standard InChI is InChI=1S/C14H16ClN3O4/c1-20-6-5-12-17-13(22-18-12)8-16-14(19)10-4-3-9(15)7-11(10)21-2/h3-4,7H,5-6,8H2,1-2H3,(H,16,19). The first-order valence-electron chi connectivity index (χ1n) is 6.56. The fourth-order valence-corrected chi connectivity index (χ4v) is 1.92. The first-order valence-corrected chi connectivity index (χ1v) is 6.94. The predicted octanol–water partition coefficient (Wildman–Crippen LogP) is 1.85. The number of methoxy groups -OCH3 is 2. The van der Waals surface area contributed by atoms with Gasteiger partial charge in [0.25, 0.3) is 5.91 Å². The molecule has 1 N–H and O–H groups in total. The summed E-state index contributed by atoms with van der Waals surface area (Å²) >= 11 is 5.86. The number of nitrogens with zero attached hydrogens (tertiary/aromatic N) is 2. The third kappa shape index (κ3) is 4.19. The Kier molecular flexibility index (Phi) is 5.74. The van der Waals surface area contributed by atoms with Crippen molar-refractivity contribution in [2.24, 2.45) is 0 Å². The minimum Gasteiger partial charge on any atom is -0.496 e. The van der Waals surface area contributed by atoms with Crippen molar-refractivity contribution >= 4 is 17.5 Å². The number of carbonyl (C=O) groups excluding carboxylic acids is 1. The highest BCUT2D eigenvalue weighted by atomic mass is 35.5. The van der Waals surface area contributed by atoms with Crippen molar-refractivity contribution in [2.45, 2.75) is 13.0 Å². The molecule has 0 aliphatic carbocycles. The molecule has 0 bridgehead atoms. The molecule has 0 aliphatic heterocycles. The largest absolute Gasteiger partial charge is 0.496 e. The molecule has 0 spiro atoms. The second-order valence-corrected chi connectivity index (χ2v) is 4.81. The molecule has 1 heterocycles. The van der Waals surface area contributed by atoms with Gasteiger partial charge in [0, 0.05) is 18.6 Å². The van der Waals surface area contributed by atoms with Crippen molar-refractivity contribution in [3.63, 3.8) is 0 Å². The maximum absolute atomic E-state index is 12.1. The lowest BCUT2D eigenvalue weighted by Gasteiger charge is -2.08. The van der Waals surface area contributed by atoms with Crippen molar-refractivity contribution in [2.75, 3.05) is 20.8 Å². The van der Waals surface area contributed by atoms with Crippen molar-refractivity contribution < 1.29 is 18.8 Å². The topological polar surface area (TPSA) is 86.5 Å². The van der Waals surface area contributed by atoms with Crippen molar-refractivity contribution in [1.82, 2.24) is 15.5 Å². The lowest BCUT2D eigenvalue weighted by atomic mass is 10.2. The summed E-state index contributed by atoms with van der Waals surface area (Å²) in [6, 6.07) is 4.79. The minimum absolute atomic E-state index is 0.130. The van der Waals surface area contributed by atoms with Gasteiger partial charge in [0.15, 0.2) is 5.82 Å². The van der Waals surface area contributed by atoms with E-state index in [1.807, 2.05) is 0 Å². The van der Waals surface area contributed by atoms with Gasteiger partial charge >= 0.3 is 0 Å². The van der Waals surface area contributed by atoms with Crippen LogP contribution in [0.4, 0.5) is 0 Å². The number of benzene rings is 1. The van der Waals surface area contributed by atoms with Crippen LogP contribution in [0, 0.1) is 0 Å². The second-order valence-electron chi connectivity index (χ2n) is 4.37. The predicted molar refractivity (Wildman–Crippen MR) is 79.1 cm³/mol. The molecular weight excluding hydrogens is 310 g/mol. The number of hydrogen-bond acceptors (Lipinski definition) is 6. The average Bonchev–Trinajstić information content (AvgIpc) is 2.98. The van der Waals surface area contributed by atoms with Gasteiger partial charge < -0.3 is 19.3 Å². The molecule has 2 aromatic rings. The molecule has 118 valence electrons. The number of aromatic nitrogens is 2. The Morgan fingerprint density at radius 2 is 2.23 bits per heavy atom. The van der Waals surface area contributed by atoms with Gasteiger partial charge in [-0.15, -0.1) is 0 Å². The lowest BCUT2D eigenvalue weighted by Crippen LogP contribution is -2.23. The van der Waals surface area contributed by atoms with Crippen molar-refractivity contribution in [1.29, 1.82) is 0 Å². The third-order valence-corrected chi connectivity index (χ3v) is 3.08. The van der Waals surface area contributed by atoms with E-state index in [2.05, 4.69) is 15.5 Å². The molecule has 0 saturated carbocycles. The van der Waals surface area contributed by atoms with Crippen LogP contribution in [-0.4, -0.2) is 36.9 Å². The normalized spacial score (nSPS) is 10.5. The van der Waals surface area contributed by atoms with Gasteiger partial charge in [-0.1, -0.05) is 16.8 Å². The zero-order chi connectivity index (χ0) is 15.9. The Hall–Kier alpha value is -2.12. The molecule has 7 nitrogen and oxygen atoms in total. The van der Waals surface area contributed by atoms with E-state index < -0.39 is 0 Å². The van der Waals surface area contributed by atoms with E-state index in [-0.39, 0.29) is 12.5 Å². The second kappa shape index (κ2) is 7.77. The molecule has 0 saturated heterocycles. The average molecular weight is 326 g/mol. The summed E-state index contributed by atoms with van der Waals surface area (Å²) in [6.45, 7) is 0.637. The SMILES string of the molecule is COCCc1noc(CNC(=O)c2ccc(Cl)cc2OC)n1. The first-order chi connectivity index (χ1) is 10.6. The van der Waals surface area contributed by atoms with Crippen LogP contribution in [0.15, 0.2) is 22.7 Å². The van der Waals surface area contributed by atoms with E-state index >= 15 is 0 Å². The van der Waals surface area contributed by atoms with E-state index in [4.69, 9.17) is 25.6 Å². The first kappa shape index (κ1) is 16.3. The molecule has 0 radical (unpaired) electrons. The van der Waals surface area contributed by atoms with Crippen LogP contribution in [-0.2, 0) is 17.7 Å². The van der Waals surface area contributed by atoms with Crippen LogP contribution in [0.5, 0.6) is 5.75 Å². The molecule has 1 aromatic heterocycles. The molecule has 8 heteroatoms. The number of nitrogens with one attached hydrogen (secondary N) is 1. The Morgan fingerprint density at radius 3 is 2.95 bits per heavy atom. The highest BCUT2D eigenvalue weighted by Gasteiger charge is 2.14. The zero-order valence-electron chi connectivity index (χ0n) is 12.3. The molecule has 2 rings (SSSR count). The molecule has 0 atom stereocenters. The zero-order valence-corrected chi connectivity index (χ0v) is 13.0. The Balaban J connectivity index is 1.96. The van der Waals surface area contributed by atoms with Gasteiger partial charge in [0.2, 0.25) is 5.89 Å². The monoisotopic (exact) mass is 325 g/mol. The number of hydrogen-bond donors (Lipinski definition) is 1. The van der Waals surface area contributed by atoms with Gasteiger partial charge in [-0.25, -0.2) is 0 Å². The molecule has 1 amide bonds. The van der Waals surface area contributed by atoms with Crippen LogP contribution in [0.1, 0.15) is 22.1 Å². The van der Waals surface area contributed by atoms with Crippen molar-refractivity contribution in [3.05, 3.63) is 40.5 Å². The highest BCUT2D eigenvalue weighted by Crippen LogP contribution is 2.23.